The molecule has 4 saturated carbocycles. The summed E-state index contributed by atoms with van der Waals surface area (Å²) < 4.78 is 0. The largest absolute Gasteiger partial charge is 0.303 e. The molecule has 0 unspecified atom stereocenters. The normalized spacial score (nSPS) is 46.2. The van der Waals surface area contributed by atoms with Crippen molar-refractivity contribution in [3.05, 3.63) is 30.1 Å². The summed E-state index contributed by atoms with van der Waals surface area (Å²) in [7, 11) is 0. The second kappa shape index (κ2) is 6.71. The fraction of sp³-hybridized carbons (Fsp3) is 0.760. The maximum atomic E-state index is 8.91. The fourth-order valence-corrected chi connectivity index (χ4v) is 8.26. The molecule has 0 amide bonds. The first-order valence-corrected chi connectivity index (χ1v) is 11.6. The molecule has 2 heteroatoms. The van der Waals surface area contributed by atoms with E-state index in [1.54, 1.807) is 0 Å². The Bertz CT molecular complexity index is 698. The van der Waals surface area contributed by atoms with Gasteiger partial charge in [0, 0.05) is 12.1 Å². The van der Waals surface area contributed by atoms with E-state index in [9.17, 15) is 0 Å². The van der Waals surface area contributed by atoms with Crippen molar-refractivity contribution in [3.63, 3.8) is 0 Å². The van der Waals surface area contributed by atoms with Crippen LogP contribution in [0, 0.1) is 52.2 Å². The molecule has 8 atom stereocenters. The number of hydrogen-bond donors (Lipinski definition) is 1. The summed E-state index contributed by atoms with van der Waals surface area (Å²) in [4.78, 5) is 4.51. The molecule has 0 aromatic carbocycles. The molecule has 0 bridgehead atoms. The van der Waals surface area contributed by atoms with Gasteiger partial charge in [-0.1, -0.05) is 26.3 Å². The highest BCUT2D eigenvalue weighted by molar-refractivity contribution is 5.98. The Kier molecular flexibility index (Phi) is 4.44. The van der Waals surface area contributed by atoms with E-state index in [-0.39, 0.29) is 0 Å². The summed E-state index contributed by atoms with van der Waals surface area (Å²) >= 11 is 0. The molecule has 4 fully saturated rings. The van der Waals surface area contributed by atoms with E-state index in [0.717, 1.165) is 46.9 Å². The first-order chi connectivity index (χ1) is 13.1. The van der Waals surface area contributed by atoms with Gasteiger partial charge >= 0.3 is 0 Å². The third-order valence-electron chi connectivity index (χ3n) is 9.51. The number of pyridine rings is 1. The monoisotopic (exact) mass is 364 g/mol. The smallest absolute Gasteiger partial charge is 0.0840 e. The molecule has 1 N–H and O–H groups in total. The highest BCUT2D eigenvalue weighted by Gasteiger charge is 2.57. The predicted octanol–water partition coefficient (Wildman–Crippen LogP) is 6.35. The Morgan fingerprint density at radius 1 is 1.00 bits per heavy atom. The Labute approximate surface area is 165 Å². The summed E-state index contributed by atoms with van der Waals surface area (Å²) in [5.41, 5.74) is 2.07. The number of aromatic nitrogens is 1. The molecule has 1 aromatic rings. The summed E-state index contributed by atoms with van der Waals surface area (Å²) in [6, 6.07) is 6.04. The number of rotatable bonds is 2. The Morgan fingerprint density at radius 3 is 2.67 bits per heavy atom. The molecule has 2 nitrogen and oxygen atoms in total. The minimum Gasteiger partial charge on any atom is -0.303 e. The van der Waals surface area contributed by atoms with Crippen molar-refractivity contribution in [2.75, 3.05) is 0 Å². The zero-order chi connectivity index (χ0) is 18.6. The van der Waals surface area contributed by atoms with Crippen molar-refractivity contribution >= 4 is 5.71 Å². The molecule has 1 heterocycles. The summed E-state index contributed by atoms with van der Waals surface area (Å²) in [5, 5.41) is 8.91. The molecule has 4 aliphatic carbocycles. The second-order valence-electron chi connectivity index (χ2n) is 10.7. The van der Waals surface area contributed by atoms with Gasteiger partial charge < -0.3 is 5.41 Å². The van der Waals surface area contributed by atoms with Crippen LogP contribution in [0.15, 0.2) is 24.4 Å². The maximum Gasteiger partial charge on any atom is 0.0840 e. The third-order valence-corrected chi connectivity index (χ3v) is 9.51. The molecule has 0 spiro atoms. The Hall–Kier alpha value is -1.18. The van der Waals surface area contributed by atoms with Crippen molar-refractivity contribution in [2.45, 2.75) is 71.6 Å². The van der Waals surface area contributed by atoms with Crippen molar-refractivity contribution in [3.8, 4) is 0 Å². The van der Waals surface area contributed by atoms with Gasteiger partial charge in [0.1, 0.15) is 0 Å². The van der Waals surface area contributed by atoms with Crippen LogP contribution in [0.1, 0.15) is 77.3 Å². The minimum atomic E-state index is 0.338. The van der Waals surface area contributed by atoms with Gasteiger partial charge in [0.2, 0.25) is 0 Å². The molecule has 4 aliphatic rings. The van der Waals surface area contributed by atoms with Crippen molar-refractivity contribution < 1.29 is 0 Å². The summed E-state index contributed by atoms with van der Waals surface area (Å²) in [6.45, 7) is 5.02. The number of nitrogens with zero attached hydrogens (tertiary/aromatic N) is 1. The Morgan fingerprint density at radius 2 is 1.85 bits per heavy atom. The van der Waals surface area contributed by atoms with Crippen LogP contribution < -0.4 is 0 Å². The van der Waals surface area contributed by atoms with Gasteiger partial charge in [0.25, 0.3) is 0 Å². The van der Waals surface area contributed by atoms with Gasteiger partial charge in [-0.05, 0) is 104 Å². The van der Waals surface area contributed by atoms with E-state index in [1.165, 1.54) is 57.8 Å². The molecule has 0 aliphatic heterocycles. The molecular formula is C25H36N2. The molecule has 5 rings (SSSR count). The van der Waals surface area contributed by atoms with E-state index in [0.29, 0.717) is 11.3 Å². The molecule has 27 heavy (non-hydrogen) atoms. The van der Waals surface area contributed by atoms with Crippen LogP contribution in [-0.4, -0.2) is 10.7 Å². The van der Waals surface area contributed by atoms with E-state index >= 15 is 0 Å². The standard InChI is InChI=1S/C25H36N2/c1-16-6-8-18-17(15-16)7-9-20-19(18)12-13-25(2)21(20)10-11-22(25)24(26)23-5-3-4-14-27-23/h3-5,14,16-22,26H,6-13,15H2,1-2H3/t16-,17-,18-,19+,20+,21-,22+,25-/m0/s1. The van der Waals surface area contributed by atoms with Crippen LogP contribution in [-0.2, 0) is 0 Å². The van der Waals surface area contributed by atoms with Crippen LogP contribution in [0.5, 0.6) is 0 Å². The fourth-order valence-electron chi connectivity index (χ4n) is 8.26. The molecule has 146 valence electrons. The average Bonchev–Trinajstić information content (AvgIpc) is 3.05. The molecular weight excluding hydrogens is 328 g/mol. The minimum absolute atomic E-state index is 0.338. The predicted molar refractivity (Wildman–Crippen MR) is 111 cm³/mol. The maximum absolute atomic E-state index is 8.91. The summed E-state index contributed by atoms with van der Waals surface area (Å²) in [6.07, 6.45) is 14.6. The Balaban J connectivity index is 1.37. The van der Waals surface area contributed by atoms with Crippen LogP contribution in [0.25, 0.3) is 0 Å². The zero-order valence-electron chi connectivity index (χ0n) is 17.2. The molecule has 0 radical (unpaired) electrons. The lowest BCUT2D eigenvalue weighted by Crippen LogP contribution is -2.49. The first kappa shape index (κ1) is 17.9. The zero-order valence-corrected chi connectivity index (χ0v) is 17.2. The highest BCUT2D eigenvalue weighted by atomic mass is 14.7. The second-order valence-corrected chi connectivity index (χ2v) is 10.7. The quantitative estimate of drug-likeness (QED) is 0.609. The lowest BCUT2D eigenvalue weighted by Gasteiger charge is -2.56. The van der Waals surface area contributed by atoms with Gasteiger partial charge in [0.15, 0.2) is 0 Å². The SMILES string of the molecule is C[C@H]1CC[C@H]2[C@@H](CC[C@@H]3[C@@H]2CC[C@]2(C)[C@@H](C(=N)c4ccccn4)CC[C@@H]32)C1. The third kappa shape index (κ3) is 2.81. The van der Waals surface area contributed by atoms with Crippen molar-refractivity contribution in [1.29, 1.82) is 5.41 Å². The molecule has 0 saturated heterocycles. The lowest BCUT2D eigenvalue weighted by molar-refractivity contribution is -0.0607. The van der Waals surface area contributed by atoms with Crippen LogP contribution in [0.3, 0.4) is 0 Å². The van der Waals surface area contributed by atoms with Gasteiger partial charge in [-0.2, -0.15) is 0 Å². The van der Waals surface area contributed by atoms with E-state index in [1.807, 2.05) is 24.4 Å². The number of nitrogens with one attached hydrogen (secondary N) is 1. The van der Waals surface area contributed by atoms with Crippen molar-refractivity contribution in [1.82, 2.24) is 4.98 Å². The lowest BCUT2D eigenvalue weighted by atomic mass is 9.49. The van der Waals surface area contributed by atoms with E-state index in [2.05, 4.69) is 18.8 Å². The van der Waals surface area contributed by atoms with Crippen LogP contribution >= 0.6 is 0 Å². The summed E-state index contributed by atoms with van der Waals surface area (Å²) in [5.74, 6) is 6.23. The van der Waals surface area contributed by atoms with Gasteiger partial charge in [-0.15, -0.1) is 0 Å². The first-order valence-electron chi connectivity index (χ1n) is 11.6. The highest BCUT2D eigenvalue weighted by Crippen LogP contribution is 2.64. The van der Waals surface area contributed by atoms with Crippen molar-refractivity contribution in [2.24, 2.45) is 46.8 Å². The van der Waals surface area contributed by atoms with Gasteiger partial charge in [-0.3, -0.25) is 4.98 Å². The topological polar surface area (TPSA) is 36.7 Å². The average molecular weight is 365 g/mol. The van der Waals surface area contributed by atoms with E-state index in [4.69, 9.17) is 5.41 Å². The number of fused-ring (bicyclic) bond motifs is 5. The molecule has 1 aromatic heterocycles. The van der Waals surface area contributed by atoms with Crippen LogP contribution in [0.4, 0.5) is 0 Å². The van der Waals surface area contributed by atoms with Gasteiger partial charge in [-0.25, -0.2) is 0 Å². The van der Waals surface area contributed by atoms with Gasteiger partial charge in [0.05, 0.1) is 11.4 Å². The van der Waals surface area contributed by atoms with Crippen LogP contribution in [0.2, 0.25) is 0 Å². The van der Waals surface area contributed by atoms with E-state index < -0.39 is 0 Å². The number of hydrogen-bond acceptors (Lipinski definition) is 2.